The number of hydrogen-bond donors (Lipinski definition) is 2. The molecule has 0 spiro atoms. The first-order valence-electron chi connectivity index (χ1n) is 7.36. The van der Waals surface area contributed by atoms with E-state index >= 15 is 0 Å². The lowest BCUT2D eigenvalue weighted by Crippen LogP contribution is -2.33. The van der Waals surface area contributed by atoms with E-state index < -0.39 is 0 Å². The Morgan fingerprint density at radius 3 is 2.38 bits per heavy atom. The van der Waals surface area contributed by atoms with Crippen molar-refractivity contribution in [3.8, 4) is 0 Å². The molecule has 0 unspecified atom stereocenters. The lowest BCUT2D eigenvalue weighted by molar-refractivity contribution is -0.132. The van der Waals surface area contributed by atoms with E-state index in [0.29, 0.717) is 11.5 Å². The Labute approximate surface area is 125 Å². The van der Waals surface area contributed by atoms with Crippen LogP contribution in [-0.4, -0.2) is 34.8 Å². The zero-order valence-electron chi connectivity index (χ0n) is 12.8. The van der Waals surface area contributed by atoms with Crippen LogP contribution >= 0.6 is 0 Å². The van der Waals surface area contributed by atoms with Crippen molar-refractivity contribution >= 4 is 23.3 Å². The highest BCUT2D eigenvalue weighted by molar-refractivity contribution is 5.93. The second-order valence-corrected chi connectivity index (χ2v) is 4.90. The topological polar surface area (TPSA) is 88.3 Å². The molecule has 1 aromatic rings. The van der Waals surface area contributed by atoms with Crippen molar-refractivity contribution in [2.75, 3.05) is 24.1 Å². The third-order valence-electron chi connectivity index (χ3n) is 2.98. The third-order valence-corrected chi connectivity index (χ3v) is 2.98. The fourth-order valence-corrected chi connectivity index (χ4v) is 1.98. The first kappa shape index (κ1) is 16.9. The van der Waals surface area contributed by atoms with Gasteiger partial charge in [0.1, 0.15) is 5.82 Å². The van der Waals surface area contributed by atoms with Crippen molar-refractivity contribution < 1.29 is 9.59 Å². The molecule has 0 saturated heterocycles. The summed E-state index contributed by atoms with van der Waals surface area (Å²) in [6.07, 6.45) is 3.75. The van der Waals surface area contributed by atoms with Crippen LogP contribution < -0.4 is 11.1 Å². The molecule has 0 aliphatic carbocycles. The minimum atomic E-state index is -0.192. The van der Waals surface area contributed by atoms with Crippen molar-refractivity contribution in [2.45, 2.75) is 39.5 Å². The van der Waals surface area contributed by atoms with Gasteiger partial charge in [-0.25, -0.2) is 4.98 Å². The normalized spacial score (nSPS) is 10.2. The van der Waals surface area contributed by atoms with Crippen LogP contribution in [0.1, 0.15) is 39.5 Å². The molecule has 0 saturated carbocycles. The molecule has 0 radical (unpaired) electrons. The fraction of sp³-hybridized carbons (Fsp3) is 0.533. The summed E-state index contributed by atoms with van der Waals surface area (Å²) in [6, 6.07) is 3.30. The first-order valence-corrected chi connectivity index (χ1v) is 7.36. The van der Waals surface area contributed by atoms with E-state index in [1.54, 1.807) is 12.1 Å². The van der Waals surface area contributed by atoms with Crippen LogP contribution in [0.2, 0.25) is 0 Å². The van der Waals surface area contributed by atoms with E-state index in [0.717, 1.165) is 25.9 Å². The monoisotopic (exact) mass is 292 g/mol. The summed E-state index contributed by atoms with van der Waals surface area (Å²) in [5, 5.41) is 2.70. The van der Waals surface area contributed by atoms with Crippen LogP contribution in [0, 0.1) is 0 Å². The Kier molecular flexibility index (Phi) is 7.21. The highest BCUT2D eigenvalue weighted by Gasteiger charge is 2.13. The number of carbonyl (C=O) groups excluding carboxylic acids is 2. The zero-order chi connectivity index (χ0) is 15.7. The quantitative estimate of drug-likeness (QED) is 0.767. The number of hydrogen-bond acceptors (Lipinski definition) is 4. The van der Waals surface area contributed by atoms with Gasteiger partial charge in [0.2, 0.25) is 11.8 Å². The van der Waals surface area contributed by atoms with Gasteiger partial charge in [0.05, 0.1) is 11.9 Å². The van der Waals surface area contributed by atoms with E-state index in [1.807, 2.05) is 18.7 Å². The number of nitrogens with one attached hydrogen (secondary N) is 1. The van der Waals surface area contributed by atoms with Crippen molar-refractivity contribution in [3.05, 3.63) is 18.3 Å². The first-order chi connectivity index (χ1) is 10.1. The summed E-state index contributed by atoms with van der Waals surface area (Å²) in [5.41, 5.74) is 6.06. The lowest BCUT2D eigenvalue weighted by Gasteiger charge is -2.21. The number of nitrogens with zero attached hydrogens (tertiary/aromatic N) is 2. The molecule has 1 rings (SSSR count). The van der Waals surface area contributed by atoms with Gasteiger partial charge in [-0.05, 0) is 25.0 Å². The van der Waals surface area contributed by atoms with Gasteiger partial charge in [0, 0.05) is 25.9 Å². The minimum Gasteiger partial charge on any atom is -0.384 e. The van der Waals surface area contributed by atoms with Gasteiger partial charge in [0.15, 0.2) is 0 Å². The number of rotatable bonds is 8. The van der Waals surface area contributed by atoms with Crippen LogP contribution in [-0.2, 0) is 9.59 Å². The number of amides is 2. The van der Waals surface area contributed by atoms with Crippen molar-refractivity contribution in [1.82, 2.24) is 9.88 Å². The molecule has 116 valence electrons. The standard InChI is InChI=1S/C15H24N4O2/c1-3-9-19(10-4-2)15(21)8-7-14(20)18-12-5-6-13(16)17-11-12/h5-6,11H,3-4,7-10H2,1-2H3,(H2,16,17)(H,18,20). The van der Waals surface area contributed by atoms with Gasteiger partial charge in [-0.15, -0.1) is 0 Å². The lowest BCUT2D eigenvalue weighted by atomic mass is 10.2. The molecular formula is C15H24N4O2. The number of nitrogens with two attached hydrogens (primary N) is 1. The second kappa shape index (κ2) is 8.94. The smallest absolute Gasteiger partial charge is 0.224 e. The van der Waals surface area contributed by atoms with Gasteiger partial charge >= 0.3 is 0 Å². The predicted molar refractivity (Wildman–Crippen MR) is 83.7 cm³/mol. The van der Waals surface area contributed by atoms with Crippen molar-refractivity contribution in [3.63, 3.8) is 0 Å². The molecular weight excluding hydrogens is 268 g/mol. The Balaban J connectivity index is 2.40. The van der Waals surface area contributed by atoms with Crippen LogP contribution in [0.4, 0.5) is 11.5 Å². The maximum Gasteiger partial charge on any atom is 0.224 e. The molecule has 0 aliphatic heterocycles. The van der Waals surface area contributed by atoms with Gasteiger partial charge in [-0.3, -0.25) is 9.59 Å². The molecule has 21 heavy (non-hydrogen) atoms. The minimum absolute atomic E-state index is 0.0317. The average Bonchev–Trinajstić information content (AvgIpc) is 2.47. The Morgan fingerprint density at radius 1 is 1.19 bits per heavy atom. The second-order valence-electron chi connectivity index (χ2n) is 4.90. The highest BCUT2D eigenvalue weighted by atomic mass is 16.2. The number of nitrogen functional groups attached to an aromatic ring is 1. The van der Waals surface area contributed by atoms with E-state index in [-0.39, 0.29) is 24.7 Å². The molecule has 1 heterocycles. The highest BCUT2D eigenvalue weighted by Crippen LogP contribution is 2.08. The van der Waals surface area contributed by atoms with E-state index in [9.17, 15) is 9.59 Å². The maximum atomic E-state index is 12.0. The Hall–Kier alpha value is -2.11. The van der Waals surface area contributed by atoms with Gasteiger partial charge in [-0.2, -0.15) is 0 Å². The number of pyridine rings is 1. The predicted octanol–water partition coefficient (Wildman–Crippen LogP) is 2.03. The number of anilines is 2. The molecule has 0 atom stereocenters. The fourth-order valence-electron chi connectivity index (χ4n) is 1.98. The summed E-state index contributed by atoms with van der Waals surface area (Å²) in [5.74, 6) is 0.241. The van der Waals surface area contributed by atoms with Gasteiger partial charge < -0.3 is 16.0 Å². The summed E-state index contributed by atoms with van der Waals surface area (Å²) >= 11 is 0. The van der Waals surface area contributed by atoms with Gasteiger partial charge in [0.25, 0.3) is 0 Å². The Bertz CT molecular complexity index is 453. The number of aromatic nitrogens is 1. The number of carbonyl (C=O) groups is 2. The summed E-state index contributed by atoms with van der Waals surface area (Å²) in [7, 11) is 0. The largest absolute Gasteiger partial charge is 0.384 e. The summed E-state index contributed by atoms with van der Waals surface area (Å²) in [4.78, 5) is 29.6. The van der Waals surface area contributed by atoms with Crippen LogP contribution in [0.25, 0.3) is 0 Å². The maximum absolute atomic E-state index is 12.0. The van der Waals surface area contributed by atoms with Crippen molar-refractivity contribution in [1.29, 1.82) is 0 Å². The Morgan fingerprint density at radius 2 is 1.86 bits per heavy atom. The molecule has 0 aliphatic rings. The van der Waals surface area contributed by atoms with Crippen LogP contribution in [0.3, 0.4) is 0 Å². The SMILES string of the molecule is CCCN(CCC)C(=O)CCC(=O)Nc1ccc(N)nc1. The van der Waals surface area contributed by atoms with Crippen LogP contribution in [0.5, 0.6) is 0 Å². The van der Waals surface area contributed by atoms with E-state index in [4.69, 9.17) is 5.73 Å². The summed E-state index contributed by atoms with van der Waals surface area (Å²) < 4.78 is 0. The van der Waals surface area contributed by atoms with Gasteiger partial charge in [-0.1, -0.05) is 13.8 Å². The molecule has 1 aromatic heterocycles. The molecule has 6 heteroatoms. The molecule has 0 bridgehead atoms. The van der Waals surface area contributed by atoms with E-state index in [1.165, 1.54) is 6.20 Å². The average molecular weight is 292 g/mol. The van der Waals surface area contributed by atoms with Crippen LogP contribution in [0.15, 0.2) is 18.3 Å². The third kappa shape index (κ3) is 6.25. The van der Waals surface area contributed by atoms with E-state index in [2.05, 4.69) is 10.3 Å². The summed E-state index contributed by atoms with van der Waals surface area (Å²) in [6.45, 7) is 5.57. The molecule has 0 fully saturated rings. The zero-order valence-corrected chi connectivity index (χ0v) is 12.8. The van der Waals surface area contributed by atoms with Crippen molar-refractivity contribution in [2.24, 2.45) is 0 Å². The molecule has 0 aromatic carbocycles. The molecule has 6 nitrogen and oxygen atoms in total. The molecule has 3 N–H and O–H groups in total. The molecule has 2 amide bonds.